The molecule has 0 aliphatic heterocycles. The number of rotatable bonds is 5. The first-order valence-corrected chi connectivity index (χ1v) is 6.76. The van der Waals surface area contributed by atoms with Gasteiger partial charge in [0.25, 0.3) is 0 Å². The van der Waals surface area contributed by atoms with Crippen molar-refractivity contribution in [1.82, 2.24) is 15.5 Å². The van der Waals surface area contributed by atoms with Crippen LogP contribution in [0.5, 0.6) is 0 Å². The molecular formula is C15H21N3O. The topological polar surface area (TPSA) is 51.0 Å². The summed E-state index contributed by atoms with van der Waals surface area (Å²) in [6.45, 7) is 9.28. The van der Waals surface area contributed by atoms with E-state index in [1.165, 1.54) is 11.1 Å². The van der Waals surface area contributed by atoms with Crippen LogP contribution in [-0.4, -0.2) is 16.7 Å². The molecule has 1 aromatic heterocycles. The SMILES string of the molecule is CCCNC(C)c1nnc(-c2cccc(C)c2C)o1. The van der Waals surface area contributed by atoms with Gasteiger partial charge in [0.2, 0.25) is 11.8 Å². The molecule has 1 N–H and O–H groups in total. The first-order chi connectivity index (χ1) is 9.13. The minimum atomic E-state index is 0.0892. The van der Waals surface area contributed by atoms with Gasteiger partial charge in [0, 0.05) is 5.56 Å². The van der Waals surface area contributed by atoms with E-state index < -0.39 is 0 Å². The summed E-state index contributed by atoms with van der Waals surface area (Å²) in [4.78, 5) is 0. The van der Waals surface area contributed by atoms with Crippen LogP contribution in [0.3, 0.4) is 0 Å². The molecule has 0 saturated heterocycles. The number of hydrogen-bond donors (Lipinski definition) is 1. The number of aryl methyl sites for hydroxylation is 1. The molecule has 0 aliphatic rings. The minimum absolute atomic E-state index is 0.0892. The third-order valence-electron chi connectivity index (χ3n) is 3.35. The standard InChI is InChI=1S/C15H21N3O/c1-5-9-16-12(4)14-17-18-15(19-14)13-8-6-7-10(2)11(13)3/h6-8,12,16H,5,9H2,1-4H3. The van der Waals surface area contributed by atoms with Gasteiger partial charge in [-0.1, -0.05) is 19.1 Å². The zero-order chi connectivity index (χ0) is 13.8. The van der Waals surface area contributed by atoms with E-state index in [1.54, 1.807) is 0 Å². The highest BCUT2D eigenvalue weighted by Crippen LogP contribution is 2.25. The largest absolute Gasteiger partial charge is 0.419 e. The zero-order valence-corrected chi connectivity index (χ0v) is 12.0. The summed E-state index contributed by atoms with van der Waals surface area (Å²) in [5.41, 5.74) is 3.43. The van der Waals surface area contributed by atoms with E-state index in [0.29, 0.717) is 11.8 Å². The monoisotopic (exact) mass is 259 g/mol. The van der Waals surface area contributed by atoms with Gasteiger partial charge < -0.3 is 9.73 Å². The van der Waals surface area contributed by atoms with Crippen molar-refractivity contribution in [3.63, 3.8) is 0 Å². The van der Waals surface area contributed by atoms with Gasteiger partial charge in [-0.25, -0.2) is 0 Å². The Morgan fingerprint density at radius 2 is 2.05 bits per heavy atom. The maximum Gasteiger partial charge on any atom is 0.248 e. The molecule has 1 aromatic carbocycles. The molecule has 19 heavy (non-hydrogen) atoms. The van der Waals surface area contributed by atoms with Gasteiger partial charge in [-0.3, -0.25) is 0 Å². The third-order valence-corrected chi connectivity index (χ3v) is 3.35. The molecule has 0 aliphatic carbocycles. The zero-order valence-electron chi connectivity index (χ0n) is 12.0. The van der Waals surface area contributed by atoms with Crippen LogP contribution in [0.25, 0.3) is 11.5 Å². The summed E-state index contributed by atoms with van der Waals surface area (Å²) < 4.78 is 5.78. The Hall–Kier alpha value is -1.68. The molecule has 1 heterocycles. The quantitative estimate of drug-likeness (QED) is 0.894. The predicted molar refractivity (Wildman–Crippen MR) is 75.9 cm³/mol. The van der Waals surface area contributed by atoms with E-state index in [1.807, 2.05) is 19.1 Å². The Morgan fingerprint density at radius 1 is 1.26 bits per heavy atom. The molecule has 0 bridgehead atoms. The van der Waals surface area contributed by atoms with Crippen molar-refractivity contribution in [3.8, 4) is 11.5 Å². The number of hydrogen-bond acceptors (Lipinski definition) is 4. The molecule has 1 atom stereocenters. The molecule has 2 rings (SSSR count). The van der Waals surface area contributed by atoms with E-state index in [-0.39, 0.29) is 6.04 Å². The van der Waals surface area contributed by atoms with Gasteiger partial charge >= 0.3 is 0 Å². The van der Waals surface area contributed by atoms with Crippen LogP contribution in [0.15, 0.2) is 22.6 Å². The van der Waals surface area contributed by atoms with Crippen molar-refractivity contribution < 1.29 is 4.42 Å². The fraction of sp³-hybridized carbons (Fsp3) is 0.467. The van der Waals surface area contributed by atoms with Crippen LogP contribution >= 0.6 is 0 Å². The van der Waals surface area contributed by atoms with Crippen molar-refractivity contribution in [3.05, 3.63) is 35.2 Å². The van der Waals surface area contributed by atoms with E-state index in [9.17, 15) is 0 Å². The summed E-state index contributed by atoms with van der Waals surface area (Å²) in [7, 11) is 0. The summed E-state index contributed by atoms with van der Waals surface area (Å²) >= 11 is 0. The van der Waals surface area contributed by atoms with Gasteiger partial charge in [-0.15, -0.1) is 10.2 Å². The second kappa shape index (κ2) is 5.97. The van der Waals surface area contributed by atoms with Crippen molar-refractivity contribution in [1.29, 1.82) is 0 Å². The van der Waals surface area contributed by atoms with Crippen LogP contribution in [0, 0.1) is 13.8 Å². The highest BCUT2D eigenvalue weighted by atomic mass is 16.4. The lowest BCUT2D eigenvalue weighted by molar-refractivity contribution is 0.423. The van der Waals surface area contributed by atoms with Gasteiger partial charge in [-0.2, -0.15) is 0 Å². The van der Waals surface area contributed by atoms with Gasteiger partial charge in [0.05, 0.1) is 6.04 Å². The number of nitrogens with zero attached hydrogens (tertiary/aromatic N) is 2. The van der Waals surface area contributed by atoms with Crippen molar-refractivity contribution in [2.24, 2.45) is 0 Å². The van der Waals surface area contributed by atoms with Crippen LogP contribution < -0.4 is 5.32 Å². The molecular weight excluding hydrogens is 238 g/mol. The van der Waals surface area contributed by atoms with Crippen LogP contribution in [0.1, 0.15) is 43.3 Å². The van der Waals surface area contributed by atoms with E-state index in [4.69, 9.17) is 4.42 Å². The molecule has 102 valence electrons. The number of aromatic nitrogens is 2. The average Bonchev–Trinajstić information content (AvgIpc) is 2.88. The smallest absolute Gasteiger partial charge is 0.248 e. The summed E-state index contributed by atoms with van der Waals surface area (Å²) in [5, 5.41) is 11.6. The molecule has 0 fully saturated rings. The van der Waals surface area contributed by atoms with E-state index in [2.05, 4.69) is 42.4 Å². The lowest BCUT2D eigenvalue weighted by atomic mass is 10.0. The molecule has 0 saturated carbocycles. The van der Waals surface area contributed by atoms with Crippen molar-refractivity contribution in [2.45, 2.75) is 40.2 Å². The van der Waals surface area contributed by atoms with Crippen molar-refractivity contribution >= 4 is 0 Å². The molecule has 4 heteroatoms. The Morgan fingerprint density at radius 3 is 2.79 bits per heavy atom. The fourth-order valence-electron chi connectivity index (χ4n) is 1.95. The van der Waals surface area contributed by atoms with Gasteiger partial charge in [-0.05, 0) is 50.9 Å². The number of benzene rings is 1. The second-order valence-electron chi connectivity index (χ2n) is 4.87. The van der Waals surface area contributed by atoms with E-state index in [0.717, 1.165) is 18.5 Å². The average molecular weight is 259 g/mol. The maximum atomic E-state index is 5.78. The number of nitrogens with one attached hydrogen (secondary N) is 1. The molecule has 0 amide bonds. The Kier molecular flexibility index (Phi) is 4.32. The summed E-state index contributed by atoms with van der Waals surface area (Å²) in [5.74, 6) is 1.24. The second-order valence-corrected chi connectivity index (χ2v) is 4.87. The molecule has 4 nitrogen and oxygen atoms in total. The summed E-state index contributed by atoms with van der Waals surface area (Å²) in [6.07, 6.45) is 1.09. The van der Waals surface area contributed by atoms with Crippen molar-refractivity contribution in [2.75, 3.05) is 6.54 Å². The normalized spacial score (nSPS) is 12.6. The van der Waals surface area contributed by atoms with Gasteiger partial charge in [0.1, 0.15) is 0 Å². The molecule has 0 radical (unpaired) electrons. The molecule has 1 unspecified atom stereocenters. The predicted octanol–water partition coefficient (Wildman–Crippen LogP) is 3.41. The molecule has 2 aromatic rings. The van der Waals surface area contributed by atoms with E-state index >= 15 is 0 Å². The lowest BCUT2D eigenvalue weighted by Gasteiger charge is -2.08. The third kappa shape index (κ3) is 3.01. The van der Waals surface area contributed by atoms with Gasteiger partial charge in [0.15, 0.2) is 0 Å². The van der Waals surface area contributed by atoms with Crippen LogP contribution in [-0.2, 0) is 0 Å². The summed E-state index contributed by atoms with van der Waals surface area (Å²) in [6, 6.07) is 6.21. The Balaban J connectivity index is 2.23. The first kappa shape index (κ1) is 13.7. The molecule has 0 spiro atoms. The minimum Gasteiger partial charge on any atom is -0.419 e. The van der Waals surface area contributed by atoms with Crippen LogP contribution in [0.4, 0.5) is 0 Å². The van der Waals surface area contributed by atoms with Crippen LogP contribution in [0.2, 0.25) is 0 Å². The fourth-order valence-corrected chi connectivity index (χ4v) is 1.95. The Labute approximate surface area is 114 Å². The Bertz CT molecular complexity index is 548. The maximum absolute atomic E-state index is 5.78. The highest BCUT2D eigenvalue weighted by Gasteiger charge is 2.15. The first-order valence-electron chi connectivity index (χ1n) is 6.76. The highest BCUT2D eigenvalue weighted by molar-refractivity contribution is 5.59. The lowest BCUT2D eigenvalue weighted by Crippen LogP contribution is -2.19.